The van der Waals surface area contributed by atoms with Crippen LogP contribution in [0, 0.1) is 0 Å². The summed E-state index contributed by atoms with van der Waals surface area (Å²) in [6, 6.07) is 9.61. The van der Waals surface area contributed by atoms with E-state index in [0.717, 1.165) is 23.9 Å². The van der Waals surface area contributed by atoms with E-state index in [9.17, 15) is 18.0 Å². The van der Waals surface area contributed by atoms with E-state index >= 15 is 0 Å². The summed E-state index contributed by atoms with van der Waals surface area (Å²) in [5.41, 5.74) is -1.11. The van der Waals surface area contributed by atoms with Gasteiger partial charge in [-0.3, -0.25) is 0 Å². The lowest BCUT2D eigenvalue weighted by Crippen LogP contribution is -2.08. The van der Waals surface area contributed by atoms with Gasteiger partial charge in [0.1, 0.15) is 0 Å². The van der Waals surface area contributed by atoms with Crippen LogP contribution in [0.4, 0.5) is 13.2 Å². The maximum absolute atomic E-state index is 13.3. The largest absolute Gasteiger partial charge is 0.493 e. The molecule has 8 heteroatoms. The van der Waals surface area contributed by atoms with Crippen molar-refractivity contribution in [2.45, 2.75) is 11.1 Å². The smallest absolute Gasteiger partial charge is 0.417 e. The summed E-state index contributed by atoms with van der Waals surface area (Å²) in [5, 5.41) is 9.08. The van der Waals surface area contributed by atoms with Crippen LogP contribution in [0.5, 0.6) is 11.5 Å². The summed E-state index contributed by atoms with van der Waals surface area (Å²) in [4.78, 5) is 11.6. The van der Waals surface area contributed by atoms with Gasteiger partial charge in [-0.2, -0.15) is 13.2 Å². The molecule has 0 aliphatic heterocycles. The summed E-state index contributed by atoms with van der Waals surface area (Å²) in [6.07, 6.45) is -3.85. The van der Waals surface area contributed by atoms with Crippen molar-refractivity contribution in [1.29, 1.82) is 0 Å². The van der Waals surface area contributed by atoms with Gasteiger partial charge in [0.05, 0.1) is 19.8 Å². The highest BCUT2D eigenvalue weighted by Gasteiger charge is 2.34. The molecule has 1 N–H and O–H groups in total. The number of aliphatic carboxylic acids is 1. The normalized spacial score (nSPS) is 12.0. The fourth-order valence-corrected chi connectivity index (χ4v) is 3.23. The van der Waals surface area contributed by atoms with Crippen LogP contribution in [-0.4, -0.2) is 25.3 Å². The van der Waals surface area contributed by atoms with E-state index in [4.69, 9.17) is 14.6 Å². The molecule has 0 bridgehead atoms. The van der Waals surface area contributed by atoms with Crippen LogP contribution < -0.4 is 9.47 Å². The van der Waals surface area contributed by atoms with Gasteiger partial charge in [0.25, 0.3) is 0 Å². The van der Waals surface area contributed by atoms with Crippen LogP contribution in [0.15, 0.2) is 53.4 Å². The Morgan fingerprint density at radius 1 is 1.08 bits per heavy atom. The summed E-state index contributed by atoms with van der Waals surface area (Å²) < 4.78 is 50.1. The van der Waals surface area contributed by atoms with E-state index in [1.807, 2.05) is 0 Å². The SMILES string of the molecule is COc1ccc(SC(=CC(=O)O)c2ccccc2C(F)(F)F)cc1OC. The van der Waals surface area contributed by atoms with Gasteiger partial charge in [-0.25, -0.2) is 4.79 Å². The standard InChI is InChI=1S/C18H15F3O4S/c1-24-14-8-7-11(9-15(14)25-2)26-16(10-17(22)23)12-5-3-4-6-13(12)18(19,20)21/h3-10H,1-2H3,(H,22,23). The molecular formula is C18H15F3O4S. The highest BCUT2D eigenvalue weighted by Crippen LogP contribution is 2.42. The van der Waals surface area contributed by atoms with E-state index in [-0.39, 0.29) is 10.5 Å². The van der Waals surface area contributed by atoms with Crippen molar-refractivity contribution >= 4 is 22.6 Å². The lowest BCUT2D eigenvalue weighted by molar-refractivity contribution is -0.138. The fourth-order valence-electron chi connectivity index (χ4n) is 2.23. The molecule has 0 radical (unpaired) electrons. The van der Waals surface area contributed by atoms with Crippen LogP contribution in [0.2, 0.25) is 0 Å². The Morgan fingerprint density at radius 3 is 2.31 bits per heavy atom. The van der Waals surface area contributed by atoms with Crippen molar-refractivity contribution in [2.75, 3.05) is 14.2 Å². The molecule has 0 saturated heterocycles. The second-order valence-corrected chi connectivity index (χ2v) is 6.12. The number of hydrogen-bond acceptors (Lipinski definition) is 4. The summed E-state index contributed by atoms with van der Waals surface area (Å²) in [5.74, 6) is -0.502. The minimum Gasteiger partial charge on any atom is -0.493 e. The molecule has 138 valence electrons. The summed E-state index contributed by atoms with van der Waals surface area (Å²) >= 11 is 0.894. The van der Waals surface area contributed by atoms with Gasteiger partial charge in [-0.1, -0.05) is 30.0 Å². The molecule has 0 aliphatic rings. The van der Waals surface area contributed by atoms with E-state index < -0.39 is 17.7 Å². The predicted molar refractivity (Wildman–Crippen MR) is 92.5 cm³/mol. The molecule has 4 nitrogen and oxygen atoms in total. The monoisotopic (exact) mass is 384 g/mol. The molecule has 0 heterocycles. The molecule has 0 unspecified atom stereocenters. The zero-order chi connectivity index (χ0) is 19.3. The molecule has 2 aromatic carbocycles. The number of benzene rings is 2. The van der Waals surface area contributed by atoms with Gasteiger partial charge >= 0.3 is 12.1 Å². The van der Waals surface area contributed by atoms with Crippen molar-refractivity contribution < 1.29 is 32.5 Å². The third-order valence-electron chi connectivity index (χ3n) is 3.34. The van der Waals surface area contributed by atoms with Gasteiger partial charge < -0.3 is 14.6 Å². The first-order valence-electron chi connectivity index (χ1n) is 7.27. The molecule has 0 spiro atoms. The first-order valence-corrected chi connectivity index (χ1v) is 8.09. The minimum atomic E-state index is -4.60. The maximum atomic E-state index is 13.3. The first-order chi connectivity index (χ1) is 12.3. The Labute approximate surface area is 152 Å². The van der Waals surface area contributed by atoms with Crippen LogP contribution in [0.1, 0.15) is 11.1 Å². The number of rotatable bonds is 6. The lowest BCUT2D eigenvalue weighted by atomic mass is 10.1. The second kappa shape index (κ2) is 8.18. The number of thioether (sulfide) groups is 1. The number of carboxylic acids is 1. The number of hydrogen-bond donors (Lipinski definition) is 1. The molecule has 2 rings (SSSR count). The molecule has 0 aromatic heterocycles. The number of carbonyl (C=O) groups is 1. The zero-order valence-electron chi connectivity index (χ0n) is 13.8. The van der Waals surface area contributed by atoms with Crippen molar-refractivity contribution in [2.24, 2.45) is 0 Å². The van der Waals surface area contributed by atoms with Crippen LogP contribution >= 0.6 is 11.8 Å². The molecule has 0 atom stereocenters. The number of halogens is 3. The molecule has 0 fully saturated rings. The van der Waals surface area contributed by atoms with Crippen molar-refractivity contribution in [3.05, 3.63) is 59.7 Å². The minimum absolute atomic E-state index is 0.0438. The van der Waals surface area contributed by atoms with Crippen LogP contribution in [0.25, 0.3) is 4.91 Å². The van der Waals surface area contributed by atoms with Crippen molar-refractivity contribution in [3.8, 4) is 11.5 Å². The van der Waals surface area contributed by atoms with Crippen LogP contribution in [-0.2, 0) is 11.0 Å². The number of alkyl halides is 3. The second-order valence-electron chi connectivity index (χ2n) is 5.01. The molecule has 0 saturated carbocycles. The van der Waals surface area contributed by atoms with E-state index in [1.165, 1.54) is 32.4 Å². The Bertz CT molecular complexity index is 831. The quantitative estimate of drug-likeness (QED) is 0.565. The predicted octanol–water partition coefficient (Wildman–Crippen LogP) is 4.94. The Balaban J connectivity index is 2.51. The van der Waals surface area contributed by atoms with Crippen molar-refractivity contribution in [1.82, 2.24) is 0 Å². The molecular weight excluding hydrogens is 369 g/mol. The first kappa shape index (κ1) is 19.7. The topological polar surface area (TPSA) is 55.8 Å². The van der Waals surface area contributed by atoms with Crippen LogP contribution in [0.3, 0.4) is 0 Å². The summed E-state index contributed by atoms with van der Waals surface area (Å²) in [7, 11) is 2.89. The van der Waals surface area contributed by atoms with E-state index in [0.29, 0.717) is 16.4 Å². The Kier molecular flexibility index (Phi) is 6.20. The highest BCUT2D eigenvalue weighted by atomic mass is 32.2. The third-order valence-corrected chi connectivity index (χ3v) is 4.38. The maximum Gasteiger partial charge on any atom is 0.417 e. The molecule has 0 aliphatic carbocycles. The van der Waals surface area contributed by atoms with Gasteiger partial charge in [0, 0.05) is 21.4 Å². The van der Waals surface area contributed by atoms with Gasteiger partial charge in [0.15, 0.2) is 11.5 Å². The molecule has 2 aromatic rings. The fraction of sp³-hybridized carbons (Fsp3) is 0.167. The van der Waals surface area contributed by atoms with Gasteiger partial charge in [-0.15, -0.1) is 0 Å². The highest BCUT2D eigenvalue weighted by molar-refractivity contribution is 8.08. The molecule has 0 amide bonds. The molecule has 26 heavy (non-hydrogen) atoms. The zero-order valence-corrected chi connectivity index (χ0v) is 14.6. The van der Waals surface area contributed by atoms with E-state index in [1.54, 1.807) is 18.2 Å². The number of ether oxygens (including phenoxy) is 2. The van der Waals surface area contributed by atoms with Gasteiger partial charge in [0.2, 0.25) is 0 Å². The van der Waals surface area contributed by atoms with Gasteiger partial charge in [-0.05, 0) is 24.3 Å². The average molecular weight is 384 g/mol. The Morgan fingerprint density at radius 2 is 1.73 bits per heavy atom. The number of methoxy groups -OCH3 is 2. The van der Waals surface area contributed by atoms with E-state index in [2.05, 4.69) is 0 Å². The Hall–Kier alpha value is -2.61. The van der Waals surface area contributed by atoms with Crippen molar-refractivity contribution in [3.63, 3.8) is 0 Å². The summed E-state index contributed by atoms with van der Waals surface area (Å²) in [6.45, 7) is 0. The number of carboxylic acid groups (broad SMARTS) is 1. The third kappa shape index (κ3) is 4.72. The lowest BCUT2D eigenvalue weighted by Gasteiger charge is -2.15. The average Bonchev–Trinajstić information content (AvgIpc) is 2.60.